The Kier molecular flexibility index (Phi) is 4.07. The molecule has 0 atom stereocenters. The largest absolute Gasteiger partial charge is 0.349 e. The Morgan fingerprint density at radius 2 is 2.10 bits per heavy atom. The molecule has 1 N–H and O–H groups in total. The molecule has 21 heavy (non-hydrogen) atoms. The average molecular weight is 298 g/mol. The fourth-order valence-electron chi connectivity index (χ4n) is 1.94. The van der Waals surface area contributed by atoms with Crippen LogP contribution in [0.3, 0.4) is 0 Å². The summed E-state index contributed by atoms with van der Waals surface area (Å²) in [5.74, 6) is -0.0356. The molecule has 1 amide bonds. The molecule has 0 radical (unpaired) electrons. The predicted molar refractivity (Wildman–Crippen MR) is 82.1 cm³/mol. The predicted octanol–water partition coefficient (Wildman–Crippen LogP) is 2.44. The second-order valence-electron chi connectivity index (χ2n) is 4.43. The van der Waals surface area contributed by atoms with Crippen LogP contribution in [0.2, 0.25) is 0 Å². The minimum Gasteiger partial charge on any atom is -0.349 e. The number of pyridine rings is 1. The molecule has 106 valence electrons. The summed E-state index contributed by atoms with van der Waals surface area (Å²) in [5.41, 5.74) is 1.94. The van der Waals surface area contributed by atoms with Crippen LogP contribution in [0.4, 0.5) is 0 Å². The molecule has 0 aliphatic heterocycles. The van der Waals surface area contributed by atoms with Gasteiger partial charge < -0.3 is 5.32 Å². The zero-order valence-corrected chi connectivity index (χ0v) is 12.1. The number of carbonyl (C=O) groups excluding carboxylic acids is 1. The van der Waals surface area contributed by atoms with E-state index in [1.165, 1.54) is 11.3 Å². The first-order valence-corrected chi connectivity index (χ1v) is 7.46. The highest BCUT2D eigenvalue weighted by molar-refractivity contribution is 7.12. The highest BCUT2D eigenvalue weighted by Crippen LogP contribution is 2.14. The van der Waals surface area contributed by atoms with Crippen LogP contribution in [0.5, 0.6) is 0 Å². The zero-order valence-electron chi connectivity index (χ0n) is 11.3. The van der Waals surface area contributed by atoms with Crippen LogP contribution in [0.1, 0.15) is 9.67 Å². The van der Waals surface area contributed by atoms with Gasteiger partial charge in [-0.1, -0.05) is 6.07 Å². The molecule has 0 bridgehead atoms. The van der Waals surface area contributed by atoms with Gasteiger partial charge in [0.1, 0.15) is 0 Å². The Bertz CT molecular complexity index is 706. The van der Waals surface area contributed by atoms with Crippen LogP contribution >= 0.6 is 11.3 Å². The van der Waals surface area contributed by atoms with Gasteiger partial charge in [0.15, 0.2) is 0 Å². The zero-order chi connectivity index (χ0) is 14.5. The Labute approximate surface area is 126 Å². The fraction of sp³-hybridized carbons (Fsp3) is 0.133. The average Bonchev–Trinajstić information content (AvgIpc) is 3.20. The maximum Gasteiger partial charge on any atom is 0.261 e. The number of carbonyl (C=O) groups is 1. The molecule has 3 aromatic rings. The molecule has 0 saturated heterocycles. The lowest BCUT2D eigenvalue weighted by Gasteiger charge is -2.04. The summed E-state index contributed by atoms with van der Waals surface area (Å²) in [5, 5.41) is 9.26. The number of nitrogens with zero attached hydrogens (tertiary/aromatic N) is 3. The number of amides is 1. The highest BCUT2D eigenvalue weighted by atomic mass is 32.1. The standard InChI is InChI=1S/C15H14N4OS/c20-15(14-2-1-11-21-14)17-8-10-19-9-5-13(18-19)12-3-6-16-7-4-12/h1-7,9,11H,8,10H2,(H,17,20). The molecule has 0 saturated carbocycles. The Morgan fingerprint density at radius 1 is 1.24 bits per heavy atom. The van der Waals surface area contributed by atoms with Crippen LogP contribution in [-0.2, 0) is 6.54 Å². The lowest BCUT2D eigenvalue weighted by atomic mass is 10.2. The van der Waals surface area contributed by atoms with Crippen LogP contribution in [0.15, 0.2) is 54.3 Å². The summed E-state index contributed by atoms with van der Waals surface area (Å²) in [6.45, 7) is 1.19. The molecule has 0 aromatic carbocycles. The number of rotatable bonds is 5. The normalized spacial score (nSPS) is 10.5. The van der Waals surface area contributed by atoms with Crippen molar-refractivity contribution in [2.24, 2.45) is 0 Å². The van der Waals surface area contributed by atoms with E-state index in [0.29, 0.717) is 13.1 Å². The molecule has 0 aliphatic rings. The van der Waals surface area contributed by atoms with Crippen LogP contribution < -0.4 is 5.32 Å². The minimum absolute atomic E-state index is 0.0356. The first-order valence-electron chi connectivity index (χ1n) is 6.58. The third-order valence-electron chi connectivity index (χ3n) is 2.99. The van der Waals surface area contributed by atoms with E-state index in [1.807, 2.05) is 46.6 Å². The smallest absolute Gasteiger partial charge is 0.261 e. The van der Waals surface area contributed by atoms with Crippen molar-refractivity contribution in [1.29, 1.82) is 0 Å². The van der Waals surface area contributed by atoms with Gasteiger partial charge >= 0.3 is 0 Å². The molecule has 0 unspecified atom stereocenters. The molecule has 3 aromatic heterocycles. The molecule has 3 heterocycles. The van der Waals surface area contributed by atoms with Crippen LogP contribution in [-0.4, -0.2) is 27.2 Å². The van der Waals surface area contributed by atoms with E-state index >= 15 is 0 Å². The number of thiophene rings is 1. The molecule has 5 nitrogen and oxygen atoms in total. The quantitative estimate of drug-likeness (QED) is 0.787. The van der Waals surface area contributed by atoms with Crippen molar-refractivity contribution in [3.63, 3.8) is 0 Å². The van der Waals surface area contributed by atoms with E-state index in [2.05, 4.69) is 15.4 Å². The van der Waals surface area contributed by atoms with E-state index in [4.69, 9.17) is 0 Å². The van der Waals surface area contributed by atoms with E-state index < -0.39 is 0 Å². The van der Waals surface area contributed by atoms with Gasteiger partial charge in [0.05, 0.1) is 17.1 Å². The summed E-state index contributed by atoms with van der Waals surface area (Å²) in [6.07, 6.45) is 5.40. The first kappa shape index (κ1) is 13.5. The topological polar surface area (TPSA) is 59.8 Å². The van der Waals surface area contributed by atoms with Gasteiger partial charge in [0.25, 0.3) is 5.91 Å². The summed E-state index contributed by atoms with van der Waals surface area (Å²) < 4.78 is 1.82. The van der Waals surface area contributed by atoms with Crippen molar-refractivity contribution in [1.82, 2.24) is 20.1 Å². The monoisotopic (exact) mass is 298 g/mol. The van der Waals surface area contributed by atoms with Gasteiger partial charge in [-0.3, -0.25) is 14.5 Å². The molecular formula is C15H14N4OS. The molecule has 3 rings (SSSR count). The van der Waals surface area contributed by atoms with Gasteiger partial charge in [-0.25, -0.2) is 0 Å². The molecule has 0 aliphatic carbocycles. The number of hydrogen-bond donors (Lipinski definition) is 1. The third-order valence-corrected chi connectivity index (χ3v) is 3.86. The Morgan fingerprint density at radius 3 is 2.86 bits per heavy atom. The van der Waals surface area contributed by atoms with Gasteiger partial charge in [-0.15, -0.1) is 11.3 Å². The summed E-state index contributed by atoms with van der Waals surface area (Å²) in [7, 11) is 0. The van der Waals surface area contributed by atoms with Crippen molar-refractivity contribution in [3.05, 3.63) is 59.2 Å². The minimum atomic E-state index is -0.0356. The second-order valence-corrected chi connectivity index (χ2v) is 5.38. The van der Waals surface area contributed by atoms with E-state index in [9.17, 15) is 4.79 Å². The van der Waals surface area contributed by atoms with Gasteiger partial charge in [0, 0.05) is 30.7 Å². The first-order chi connectivity index (χ1) is 10.3. The summed E-state index contributed by atoms with van der Waals surface area (Å²) >= 11 is 1.44. The SMILES string of the molecule is O=C(NCCn1ccc(-c2ccncc2)n1)c1cccs1. The van der Waals surface area contributed by atoms with E-state index in [-0.39, 0.29) is 5.91 Å². The van der Waals surface area contributed by atoms with Gasteiger partial charge in [-0.2, -0.15) is 5.10 Å². The van der Waals surface area contributed by atoms with Crippen molar-refractivity contribution in [2.45, 2.75) is 6.54 Å². The summed E-state index contributed by atoms with van der Waals surface area (Å²) in [4.78, 5) is 16.5. The molecule has 0 fully saturated rings. The van der Waals surface area contributed by atoms with Crippen molar-refractivity contribution < 1.29 is 4.79 Å². The Hall–Kier alpha value is -2.47. The van der Waals surface area contributed by atoms with Gasteiger partial charge in [-0.05, 0) is 29.6 Å². The lowest BCUT2D eigenvalue weighted by Crippen LogP contribution is -2.26. The highest BCUT2D eigenvalue weighted by Gasteiger charge is 2.06. The van der Waals surface area contributed by atoms with Gasteiger partial charge in [0.2, 0.25) is 0 Å². The molecule has 6 heteroatoms. The van der Waals surface area contributed by atoms with E-state index in [0.717, 1.165) is 16.1 Å². The lowest BCUT2D eigenvalue weighted by molar-refractivity contribution is 0.0956. The third kappa shape index (κ3) is 3.35. The number of nitrogens with one attached hydrogen (secondary N) is 1. The molecule has 0 spiro atoms. The maximum absolute atomic E-state index is 11.8. The maximum atomic E-state index is 11.8. The summed E-state index contributed by atoms with van der Waals surface area (Å²) in [6, 6.07) is 9.48. The van der Waals surface area contributed by atoms with Crippen LogP contribution in [0.25, 0.3) is 11.3 Å². The van der Waals surface area contributed by atoms with Crippen molar-refractivity contribution in [2.75, 3.05) is 6.54 Å². The second kappa shape index (κ2) is 6.32. The number of hydrogen-bond acceptors (Lipinski definition) is 4. The van der Waals surface area contributed by atoms with Crippen molar-refractivity contribution >= 4 is 17.2 Å². The fourth-order valence-corrected chi connectivity index (χ4v) is 2.58. The Balaban J connectivity index is 1.55. The van der Waals surface area contributed by atoms with E-state index in [1.54, 1.807) is 12.4 Å². The van der Waals surface area contributed by atoms with Crippen LogP contribution in [0, 0.1) is 0 Å². The molecular weight excluding hydrogens is 284 g/mol. The van der Waals surface area contributed by atoms with Crippen molar-refractivity contribution in [3.8, 4) is 11.3 Å². The number of aromatic nitrogens is 3.